The first-order valence-electron chi connectivity index (χ1n) is 7.45. The van der Waals surface area contributed by atoms with Gasteiger partial charge in [-0.15, -0.1) is 11.3 Å². The molecule has 3 aromatic rings. The van der Waals surface area contributed by atoms with Crippen molar-refractivity contribution in [2.75, 3.05) is 5.32 Å². The molecule has 8 heteroatoms. The number of rotatable bonds is 4. The number of carbonyl (C=O) groups is 1. The number of nitrogens with one attached hydrogen (secondary N) is 1. The molecule has 0 aliphatic rings. The molecule has 0 spiro atoms. The Bertz CT molecular complexity index is 1080. The van der Waals surface area contributed by atoms with Gasteiger partial charge in [-0.25, -0.2) is 12.8 Å². The molecule has 1 aromatic heterocycles. The molecule has 0 radical (unpaired) electrons. The highest BCUT2D eigenvalue weighted by Gasteiger charge is 2.22. The minimum atomic E-state index is -3.69. The summed E-state index contributed by atoms with van der Waals surface area (Å²) < 4.78 is 38.4. The molecule has 4 nitrogen and oxygen atoms in total. The van der Waals surface area contributed by atoms with Crippen LogP contribution in [0.5, 0.6) is 0 Å². The van der Waals surface area contributed by atoms with Gasteiger partial charge in [0.15, 0.2) is 0 Å². The van der Waals surface area contributed by atoms with Gasteiger partial charge in [0.05, 0.1) is 20.5 Å². The lowest BCUT2D eigenvalue weighted by Crippen LogP contribution is -2.10. The SMILES string of the molecule is Cc1ccc(S(=O)(=O)c2ccc(C(=O)Nc3ccc(F)cc3Cl)s2)cc1. The molecule has 134 valence electrons. The predicted octanol–water partition coefficient (Wildman–Crippen LogP) is 4.93. The van der Waals surface area contributed by atoms with Crippen LogP contribution in [0, 0.1) is 12.7 Å². The fourth-order valence-corrected chi connectivity index (χ4v) is 5.01. The van der Waals surface area contributed by atoms with Crippen molar-refractivity contribution in [3.8, 4) is 0 Å². The van der Waals surface area contributed by atoms with E-state index in [9.17, 15) is 17.6 Å². The van der Waals surface area contributed by atoms with Gasteiger partial charge in [0.2, 0.25) is 9.84 Å². The standard InChI is InChI=1S/C18H13ClFNO3S2/c1-11-2-5-13(6-3-11)26(23,24)17-9-8-16(25-17)18(22)21-15-7-4-12(20)10-14(15)19/h2-10H,1H3,(H,21,22). The Morgan fingerprint density at radius 2 is 1.77 bits per heavy atom. The highest BCUT2D eigenvalue weighted by Crippen LogP contribution is 2.29. The van der Waals surface area contributed by atoms with Crippen molar-refractivity contribution in [2.45, 2.75) is 16.0 Å². The molecule has 1 amide bonds. The summed E-state index contributed by atoms with van der Waals surface area (Å²) in [6.07, 6.45) is 0. The summed E-state index contributed by atoms with van der Waals surface area (Å²) in [5.74, 6) is -1.04. The number of halogens is 2. The van der Waals surface area contributed by atoms with Crippen LogP contribution in [0.2, 0.25) is 5.02 Å². The van der Waals surface area contributed by atoms with E-state index in [2.05, 4.69) is 5.32 Å². The Morgan fingerprint density at radius 3 is 2.42 bits per heavy atom. The van der Waals surface area contributed by atoms with Gasteiger partial charge in [-0.2, -0.15) is 0 Å². The van der Waals surface area contributed by atoms with Gasteiger partial charge in [-0.1, -0.05) is 29.3 Å². The quantitative estimate of drug-likeness (QED) is 0.664. The highest BCUT2D eigenvalue weighted by atomic mass is 35.5. The molecule has 1 heterocycles. The van der Waals surface area contributed by atoms with Crippen LogP contribution < -0.4 is 5.32 Å². The molecular weight excluding hydrogens is 397 g/mol. The number of aryl methyl sites for hydroxylation is 1. The Kier molecular flexibility index (Phi) is 5.13. The third kappa shape index (κ3) is 3.80. The first kappa shape index (κ1) is 18.6. The number of carbonyl (C=O) groups excluding carboxylic acids is 1. The van der Waals surface area contributed by atoms with E-state index in [4.69, 9.17) is 11.6 Å². The molecule has 26 heavy (non-hydrogen) atoms. The van der Waals surface area contributed by atoms with Gasteiger partial charge < -0.3 is 5.32 Å². The maximum Gasteiger partial charge on any atom is 0.265 e. The number of hydrogen-bond donors (Lipinski definition) is 1. The average molecular weight is 410 g/mol. The van der Waals surface area contributed by atoms with E-state index in [1.165, 1.54) is 36.4 Å². The largest absolute Gasteiger partial charge is 0.320 e. The molecule has 0 unspecified atom stereocenters. The maximum absolute atomic E-state index is 13.1. The summed E-state index contributed by atoms with van der Waals surface area (Å²) in [6, 6.07) is 12.9. The van der Waals surface area contributed by atoms with Gasteiger partial charge >= 0.3 is 0 Å². The van der Waals surface area contributed by atoms with Gasteiger partial charge in [0.1, 0.15) is 10.0 Å². The second-order valence-electron chi connectivity index (χ2n) is 5.51. The van der Waals surface area contributed by atoms with Crippen molar-refractivity contribution in [3.05, 3.63) is 75.9 Å². The van der Waals surface area contributed by atoms with Crippen LogP contribution in [-0.2, 0) is 9.84 Å². The van der Waals surface area contributed by atoms with E-state index in [0.717, 1.165) is 23.0 Å². The summed E-state index contributed by atoms with van der Waals surface area (Å²) >= 11 is 6.74. The second-order valence-corrected chi connectivity index (χ2v) is 9.18. The smallest absolute Gasteiger partial charge is 0.265 e. The lowest BCUT2D eigenvalue weighted by atomic mass is 10.2. The van der Waals surface area contributed by atoms with E-state index in [0.29, 0.717) is 0 Å². The van der Waals surface area contributed by atoms with Crippen molar-refractivity contribution in [1.82, 2.24) is 0 Å². The second kappa shape index (κ2) is 7.19. The zero-order valence-corrected chi connectivity index (χ0v) is 15.9. The zero-order chi connectivity index (χ0) is 18.9. The monoisotopic (exact) mass is 409 g/mol. The van der Waals surface area contributed by atoms with Crippen LogP contribution in [0.4, 0.5) is 10.1 Å². The number of thiophene rings is 1. The lowest BCUT2D eigenvalue weighted by Gasteiger charge is -2.06. The first-order valence-corrected chi connectivity index (χ1v) is 10.1. The number of amides is 1. The van der Waals surface area contributed by atoms with Crippen molar-refractivity contribution in [2.24, 2.45) is 0 Å². The molecule has 0 fully saturated rings. The molecule has 0 saturated carbocycles. The van der Waals surface area contributed by atoms with Crippen molar-refractivity contribution < 1.29 is 17.6 Å². The van der Waals surface area contributed by atoms with Crippen LogP contribution in [-0.4, -0.2) is 14.3 Å². The molecule has 1 N–H and O–H groups in total. The number of sulfone groups is 1. The summed E-state index contributed by atoms with van der Waals surface area (Å²) in [5.41, 5.74) is 1.20. The van der Waals surface area contributed by atoms with Crippen LogP contribution >= 0.6 is 22.9 Å². The highest BCUT2D eigenvalue weighted by molar-refractivity contribution is 7.93. The maximum atomic E-state index is 13.1. The van der Waals surface area contributed by atoms with Gasteiger partial charge in [-0.3, -0.25) is 4.79 Å². The number of anilines is 1. The van der Waals surface area contributed by atoms with Crippen molar-refractivity contribution in [3.63, 3.8) is 0 Å². The van der Waals surface area contributed by atoms with E-state index in [-0.39, 0.29) is 24.7 Å². The van der Waals surface area contributed by atoms with E-state index < -0.39 is 21.6 Å². The number of hydrogen-bond acceptors (Lipinski definition) is 4. The molecule has 2 aromatic carbocycles. The summed E-state index contributed by atoms with van der Waals surface area (Å²) in [6.45, 7) is 1.87. The van der Waals surface area contributed by atoms with Crippen LogP contribution in [0.15, 0.2) is 63.7 Å². The molecule has 3 rings (SSSR count). The third-order valence-corrected chi connectivity index (χ3v) is 7.24. The Morgan fingerprint density at radius 1 is 1.08 bits per heavy atom. The predicted molar refractivity (Wildman–Crippen MR) is 100 cm³/mol. The molecule has 0 aliphatic heterocycles. The van der Waals surface area contributed by atoms with Crippen LogP contribution in [0.25, 0.3) is 0 Å². The van der Waals surface area contributed by atoms with Gasteiger partial charge in [0.25, 0.3) is 5.91 Å². The lowest BCUT2D eigenvalue weighted by molar-refractivity contribution is 0.103. The van der Waals surface area contributed by atoms with Crippen molar-refractivity contribution >= 4 is 44.4 Å². The minimum absolute atomic E-state index is 0.0578. The summed E-state index contributed by atoms with van der Waals surface area (Å²) in [5, 5.41) is 2.60. The summed E-state index contributed by atoms with van der Waals surface area (Å²) in [4.78, 5) is 12.7. The number of benzene rings is 2. The first-order chi connectivity index (χ1) is 12.3. The zero-order valence-electron chi connectivity index (χ0n) is 13.5. The average Bonchev–Trinajstić information content (AvgIpc) is 3.09. The van der Waals surface area contributed by atoms with Crippen LogP contribution in [0.3, 0.4) is 0 Å². The van der Waals surface area contributed by atoms with Crippen molar-refractivity contribution in [1.29, 1.82) is 0 Å². The Hall–Kier alpha value is -2.22. The van der Waals surface area contributed by atoms with Crippen LogP contribution in [0.1, 0.15) is 15.2 Å². The molecule has 0 atom stereocenters. The Labute approximate surface area is 159 Å². The molecule has 0 bridgehead atoms. The Balaban J connectivity index is 1.85. The third-order valence-electron chi connectivity index (χ3n) is 3.58. The normalized spacial score (nSPS) is 11.3. The van der Waals surface area contributed by atoms with E-state index >= 15 is 0 Å². The molecule has 0 saturated heterocycles. The van der Waals surface area contributed by atoms with E-state index in [1.807, 2.05) is 6.92 Å². The van der Waals surface area contributed by atoms with E-state index in [1.54, 1.807) is 12.1 Å². The molecule has 0 aliphatic carbocycles. The topological polar surface area (TPSA) is 63.2 Å². The minimum Gasteiger partial charge on any atom is -0.320 e. The summed E-state index contributed by atoms with van der Waals surface area (Å²) in [7, 11) is -3.69. The fraction of sp³-hybridized carbons (Fsp3) is 0.0556. The van der Waals surface area contributed by atoms with Gasteiger partial charge in [0, 0.05) is 0 Å². The van der Waals surface area contributed by atoms with Gasteiger partial charge in [-0.05, 0) is 49.4 Å². The fourth-order valence-electron chi connectivity index (χ4n) is 2.19. The molecular formula is C18H13ClFNO3S2.